The number of nitrogens with two attached hydrogens (primary N) is 1. The number of aromatic nitrogens is 1. The summed E-state index contributed by atoms with van der Waals surface area (Å²) in [4.78, 5) is 11.4. The van der Waals surface area contributed by atoms with Gasteiger partial charge in [0.25, 0.3) is 5.91 Å². The molecule has 1 aromatic heterocycles. The smallest absolute Gasteiger partial charge is 0.265 e. The van der Waals surface area contributed by atoms with E-state index in [-0.39, 0.29) is 16.6 Å². The minimum atomic E-state index is -3.73. The molecule has 6 nitrogen and oxygen atoms in total. The number of carbonyl (C=O) groups excluding carboxylic acids is 1. The molecule has 0 saturated heterocycles. The summed E-state index contributed by atoms with van der Waals surface area (Å²) < 4.78 is 29.7. The number of nitrogens with one attached hydrogen (secondary N) is 1. The van der Waals surface area contributed by atoms with Gasteiger partial charge in [-0.05, 0) is 36.5 Å². The number of primary amides is 1. The Labute approximate surface area is 141 Å². The molecule has 0 spiro atoms. The monoisotopic (exact) mass is 347 g/mol. The van der Waals surface area contributed by atoms with Crippen LogP contribution in [0.15, 0.2) is 41.4 Å². The van der Waals surface area contributed by atoms with E-state index < -0.39 is 15.9 Å². The predicted octanol–water partition coefficient (Wildman–Crippen LogP) is 1.87. The number of hydrogen-bond acceptors (Lipinski definition) is 3. The highest BCUT2D eigenvalue weighted by Gasteiger charge is 2.26. The second-order valence-corrected chi connectivity index (χ2v) is 7.87. The van der Waals surface area contributed by atoms with E-state index in [0.29, 0.717) is 0 Å². The van der Waals surface area contributed by atoms with E-state index >= 15 is 0 Å². The fourth-order valence-electron chi connectivity index (χ4n) is 3.23. The first-order valence-corrected chi connectivity index (χ1v) is 9.43. The highest BCUT2D eigenvalue weighted by Crippen LogP contribution is 2.30. The lowest BCUT2D eigenvalue weighted by molar-refractivity contribution is 0.0992. The summed E-state index contributed by atoms with van der Waals surface area (Å²) in [7, 11) is -2.14. The predicted molar refractivity (Wildman–Crippen MR) is 91.0 cm³/mol. The topological polar surface area (TPSA) is 94.2 Å². The number of nitrogens with zero attached hydrogens (tertiary/aromatic N) is 1. The van der Waals surface area contributed by atoms with E-state index in [1.807, 2.05) is 18.2 Å². The molecule has 0 aliphatic heterocycles. The van der Waals surface area contributed by atoms with Gasteiger partial charge in [0.1, 0.15) is 10.6 Å². The van der Waals surface area contributed by atoms with Gasteiger partial charge in [-0.15, -0.1) is 0 Å². The van der Waals surface area contributed by atoms with Gasteiger partial charge in [-0.1, -0.05) is 30.7 Å². The molecule has 0 radical (unpaired) electrons. The minimum absolute atomic E-state index is 0.0560. The minimum Gasteiger partial charge on any atom is -0.364 e. The van der Waals surface area contributed by atoms with Gasteiger partial charge in [-0.2, -0.15) is 0 Å². The number of hydrogen-bond donors (Lipinski definition) is 2. The molecule has 1 atom stereocenters. The SMILES string of the molecule is Cn1cc(S(=O)(=O)NC2CCCCc3ccccc32)cc1C(N)=O. The molecule has 3 rings (SSSR count). The van der Waals surface area contributed by atoms with Gasteiger partial charge in [0, 0.05) is 19.3 Å². The normalized spacial score (nSPS) is 18.0. The van der Waals surface area contributed by atoms with Crippen LogP contribution >= 0.6 is 0 Å². The molecular formula is C17H21N3O3S. The molecule has 3 N–H and O–H groups in total. The molecule has 1 aromatic carbocycles. The molecule has 128 valence electrons. The molecule has 1 unspecified atom stereocenters. The zero-order valence-electron chi connectivity index (χ0n) is 13.5. The van der Waals surface area contributed by atoms with E-state index in [9.17, 15) is 13.2 Å². The van der Waals surface area contributed by atoms with Crippen molar-refractivity contribution in [2.75, 3.05) is 0 Å². The highest BCUT2D eigenvalue weighted by molar-refractivity contribution is 7.89. The molecule has 1 amide bonds. The summed E-state index contributed by atoms with van der Waals surface area (Å²) in [6.07, 6.45) is 5.14. The van der Waals surface area contributed by atoms with Crippen LogP contribution in [0.25, 0.3) is 0 Å². The first-order valence-electron chi connectivity index (χ1n) is 7.95. The van der Waals surface area contributed by atoms with Crippen LogP contribution in [-0.4, -0.2) is 18.9 Å². The van der Waals surface area contributed by atoms with Crippen molar-refractivity contribution in [3.05, 3.63) is 53.3 Å². The number of aryl methyl sites for hydroxylation is 2. The Balaban J connectivity index is 1.92. The summed E-state index contributed by atoms with van der Waals surface area (Å²) in [5, 5.41) is 0. The summed E-state index contributed by atoms with van der Waals surface area (Å²) in [6, 6.07) is 8.99. The Hall–Kier alpha value is -2.12. The van der Waals surface area contributed by atoms with Crippen LogP contribution < -0.4 is 10.5 Å². The van der Waals surface area contributed by atoms with Crippen LogP contribution in [0, 0.1) is 0 Å². The second kappa shape index (κ2) is 6.41. The maximum atomic E-state index is 12.7. The molecular weight excluding hydrogens is 326 g/mol. The van der Waals surface area contributed by atoms with Gasteiger partial charge in [-0.3, -0.25) is 4.79 Å². The summed E-state index contributed by atoms with van der Waals surface area (Å²) >= 11 is 0. The fraction of sp³-hybridized carbons (Fsp3) is 0.353. The molecule has 0 bridgehead atoms. The van der Waals surface area contributed by atoms with Crippen LogP contribution in [0.5, 0.6) is 0 Å². The van der Waals surface area contributed by atoms with E-state index in [1.165, 1.54) is 22.4 Å². The van der Waals surface area contributed by atoms with Crippen LogP contribution in [0.2, 0.25) is 0 Å². The van der Waals surface area contributed by atoms with Crippen LogP contribution in [-0.2, 0) is 23.5 Å². The number of amides is 1. The largest absolute Gasteiger partial charge is 0.364 e. The first kappa shape index (κ1) is 16.7. The summed E-state index contributed by atoms with van der Waals surface area (Å²) in [5.41, 5.74) is 7.65. The molecule has 24 heavy (non-hydrogen) atoms. The third-order valence-electron chi connectivity index (χ3n) is 4.46. The van der Waals surface area contributed by atoms with Crippen molar-refractivity contribution in [2.24, 2.45) is 12.8 Å². The van der Waals surface area contributed by atoms with Gasteiger partial charge in [0.15, 0.2) is 0 Å². The van der Waals surface area contributed by atoms with Crippen molar-refractivity contribution >= 4 is 15.9 Å². The van der Waals surface area contributed by atoms with E-state index in [4.69, 9.17) is 5.73 Å². The molecule has 1 heterocycles. The fourth-order valence-corrected chi connectivity index (χ4v) is 4.54. The Bertz CT molecular complexity index is 871. The maximum Gasteiger partial charge on any atom is 0.265 e. The number of sulfonamides is 1. The van der Waals surface area contributed by atoms with Crippen molar-refractivity contribution in [2.45, 2.75) is 36.6 Å². The number of benzene rings is 1. The van der Waals surface area contributed by atoms with Crippen LogP contribution in [0.4, 0.5) is 0 Å². The Morgan fingerprint density at radius 1 is 1.29 bits per heavy atom. The van der Waals surface area contributed by atoms with Gasteiger partial charge in [0.2, 0.25) is 10.0 Å². The number of fused-ring (bicyclic) bond motifs is 1. The zero-order chi connectivity index (χ0) is 17.3. The third kappa shape index (κ3) is 3.22. The van der Waals surface area contributed by atoms with Gasteiger partial charge in [0.05, 0.1) is 0 Å². The maximum absolute atomic E-state index is 12.7. The molecule has 0 fully saturated rings. The van der Waals surface area contributed by atoms with Crippen molar-refractivity contribution < 1.29 is 13.2 Å². The van der Waals surface area contributed by atoms with Crippen molar-refractivity contribution in [3.63, 3.8) is 0 Å². The molecule has 0 saturated carbocycles. The summed E-state index contributed by atoms with van der Waals surface area (Å²) in [6.45, 7) is 0. The number of carbonyl (C=O) groups is 1. The van der Waals surface area contributed by atoms with Gasteiger partial charge in [-0.25, -0.2) is 13.1 Å². The first-order chi connectivity index (χ1) is 11.4. The zero-order valence-corrected chi connectivity index (χ0v) is 14.3. The highest BCUT2D eigenvalue weighted by atomic mass is 32.2. The van der Waals surface area contributed by atoms with Gasteiger partial charge < -0.3 is 10.3 Å². The van der Waals surface area contributed by atoms with E-state index in [0.717, 1.165) is 31.2 Å². The average Bonchev–Trinajstić information content (AvgIpc) is 2.83. The Morgan fingerprint density at radius 3 is 2.75 bits per heavy atom. The molecule has 1 aliphatic carbocycles. The standard InChI is InChI=1S/C17H21N3O3S/c1-20-11-13(10-16(20)17(18)21)24(22,23)19-15-9-5-3-7-12-6-2-4-8-14(12)15/h2,4,6,8,10-11,15,19H,3,5,7,9H2,1H3,(H2,18,21). The van der Waals surface area contributed by atoms with Crippen molar-refractivity contribution in [1.29, 1.82) is 0 Å². The van der Waals surface area contributed by atoms with Crippen LogP contribution in [0.3, 0.4) is 0 Å². The second-order valence-electron chi connectivity index (χ2n) is 6.15. The van der Waals surface area contributed by atoms with Gasteiger partial charge >= 0.3 is 0 Å². The summed E-state index contributed by atoms with van der Waals surface area (Å²) in [5.74, 6) is -0.654. The Kier molecular flexibility index (Phi) is 4.47. The number of rotatable bonds is 4. The lowest BCUT2D eigenvalue weighted by atomic mass is 10.0. The van der Waals surface area contributed by atoms with Crippen molar-refractivity contribution in [3.8, 4) is 0 Å². The van der Waals surface area contributed by atoms with E-state index in [1.54, 1.807) is 7.05 Å². The van der Waals surface area contributed by atoms with Crippen molar-refractivity contribution in [1.82, 2.24) is 9.29 Å². The molecule has 2 aromatic rings. The van der Waals surface area contributed by atoms with Crippen LogP contribution in [0.1, 0.15) is 46.9 Å². The Morgan fingerprint density at radius 2 is 2.04 bits per heavy atom. The molecule has 7 heteroatoms. The molecule has 1 aliphatic rings. The average molecular weight is 347 g/mol. The lowest BCUT2D eigenvalue weighted by Gasteiger charge is -2.19. The van der Waals surface area contributed by atoms with E-state index in [2.05, 4.69) is 10.8 Å². The lowest BCUT2D eigenvalue weighted by Crippen LogP contribution is -2.28. The third-order valence-corrected chi connectivity index (χ3v) is 5.90. The quantitative estimate of drug-likeness (QED) is 0.827.